The Hall–Kier alpha value is -1.02. The fourth-order valence-electron chi connectivity index (χ4n) is 0.980. The van der Waals surface area contributed by atoms with Gasteiger partial charge in [0.25, 0.3) is 0 Å². The molecular weight excluding hydrogens is 374 g/mol. The summed E-state index contributed by atoms with van der Waals surface area (Å²) in [6.45, 7) is -2.74. The van der Waals surface area contributed by atoms with Gasteiger partial charge in [0.1, 0.15) is 6.54 Å². The monoisotopic (exact) mass is 377 g/mol. The van der Waals surface area contributed by atoms with E-state index in [4.69, 9.17) is 0 Å². The van der Waals surface area contributed by atoms with Gasteiger partial charge in [0.05, 0.1) is 0 Å². The maximum Gasteiger partial charge on any atom is 0.384 e. The molecule has 0 aliphatic heterocycles. The van der Waals surface area contributed by atoms with Gasteiger partial charge in [-0.1, -0.05) is 0 Å². The Balaban J connectivity index is 6.04. The normalized spacial score (nSPS) is 15.1. The smallest absolute Gasteiger partial charge is 0.203 e. The van der Waals surface area contributed by atoms with Gasteiger partial charge in [-0.05, 0) is 0 Å². The molecule has 0 unspecified atom stereocenters. The second kappa shape index (κ2) is 5.88. The highest BCUT2D eigenvalue weighted by atomic mass is 32.1. The van der Waals surface area contributed by atoms with Crippen molar-refractivity contribution in [2.45, 2.75) is 36.0 Å². The van der Waals surface area contributed by atoms with Gasteiger partial charge < -0.3 is 0 Å². The molecule has 22 heavy (non-hydrogen) atoms. The molecule has 0 aliphatic carbocycles. The van der Waals surface area contributed by atoms with Crippen LogP contribution in [0.25, 0.3) is 0 Å². The first-order valence-electron chi connectivity index (χ1n) is 4.63. The molecule has 132 valence electrons. The minimum absolute atomic E-state index is 1.17. The molecule has 0 aromatic heterocycles. The van der Waals surface area contributed by atoms with E-state index in [2.05, 4.69) is 0 Å². The van der Waals surface area contributed by atoms with Gasteiger partial charge in [-0.15, -0.1) is 0 Å². The van der Waals surface area contributed by atoms with E-state index in [0.717, 1.165) is 0 Å². The maximum atomic E-state index is 12.9. The van der Waals surface area contributed by atoms with Gasteiger partial charge in [-0.2, -0.15) is 52.5 Å². The Kier molecular flexibility index (Phi) is 5.61. The lowest BCUT2D eigenvalue weighted by atomic mass is 9.94. The summed E-state index contributed by atoms with van der Waals surface area (Å²) < 4.78 is 162. The van der Waals surface area contributed by atoms with Crippen LogP contribution in [-0.4, -0.2) is 46.8 Å². The van der Waals surface area contributed by atoms with Crippen molar-refractivity contribution in [2.24, 2.45) is 4.36 Å². The zero-order valence-corrected chi connectivity index (χ0v) is 10.4. The molecule has 0 saturated carbocycles. The predicted molar refractivity (Wildman–Crippen MR) is 46.2 cm³/mol. The third kappa shape index (κ3) is 2.90. The summed E-state index contributed by atoms with van der Waals surface area (Å²) in [4.78, 5) is 0. The molecule has 0 N–H and O–H groups in total. The predicted octanol–water partition coefficient (Wildman–Crippen LogP) is 3.82. The van der Waals surface area contributed by atoms with Crippen LogP contribution in [0.4, 0.5) is 52.7 Å². The molecule has 0 radical (unpaired) electrons. The first-order valence-corrected chi connectivity index (χ1v) is 5.33. The topological polar surface area (TPSA) is 29.4 Å². The lowest BCUT2D eigenvalue weighted by Crippen LogP contribution is -2.69. The van der Waals surface area contributed by atoms with Gasteiger partial charge in [0.2, 0.25) is 0 Å². The first-order chi connectivity index (χ1) is 9.50. The van der Waals surface area contributed by atoms with Crippen molar-refractivity contribution in [1.29, 1.82) is 0 Å². The first kappa shape index (κ1) is 21.0. The molecule has 0 aromatic rings. The van der Waals surface area contributed by atoms with E-state index in [9.17, 15) is 56.9 Å². The van der Waals surface area contributed by atoms with E-state index < -0.39 is 54.0 Å². The van der Waals surface area contributed by atoms with E-state index in [1.807, 2.05) is 4.36 Å². The third-order valence-electron chi connectivity index (χ3n) is 2.26. The van der Waals surface area contributed by atoms with Crippen LogP contribution < -0.4 is 0 Å². The molecule has 0 amide bonds. The summed E-state index contributed by atoms with van der Waals surface area (Å²) in [6.07, 6.45) is -5.54. The Bertz CT molecular complexity index is 456. The van der Waals surface area contributed by atoms with Crippen LogP contribution >= 0.6 is 0 Å². The second-order valence-corrected chi connectivity index (χ2v) is 4.12. The van der Waals surface area contributed by atoms with E-state index in [1.54, 1.807) is 0 Å². The van der Waals surface area contributed by atoms with Crippen LogP contribution in [0, 0.1) is 0 Å². The molecule has 0 atom stereocenters. The second-order valence-electron chi connectivity index (χ2n) is 3.71. The Morgan fingerprint density at radius 3 is 1.50 bits per heavy atom. The van der Waals surface area contributed by atoms with Crippen LogP contribution in [-0.2, 0) is 11.5 Å². The Labute approximate surface area is 116 Å². The summed E-state index contributed by atoms with van der Waals surface area (Å²) in [5.74, 6) is -35.5. The highest BCUT2D eigenvalue weighted by Gasteiger charge is 2.87. The van der Waals surface area contributed by atoms with Gasteiger partial charge in [-0.3, -0.25) is 0 Å². The lowest BCUT2D eigenvalue weighted by molar-refractivity contribution is -0.411. The Morgan fingerprint density at radius 2 is 1.18 bits per heavy atom. The van der Waals surface area contributed by atoms with Crippen molar-refractivity contribution >= 4 is 11.5 Å². The van der Waals surface area contributed by atoms with Crippen LogP contribution in [0.5, 0.6) is 0 Å². The average Bonchev–Trinajstić information content (AvgIpc) is 2.35. The molecule has 0 heterocycles. The largest absolute Gasteiger partial charge is 0.384 e. The van der Waals surface area contributed by atoms with Crippen LogP contribution in [0.3, 0.4) is 0 Å². The standard InChI is InChI=1S/C7H3F12NOS/c8-2(9)4(12,13)6(16,17)7(18,19)5(14,15)3(10,11)1-20-22-21/h2H,1H2. The SMILES string of the molecule is O=S=NCC(F)(F)C(F)(F)C(F)(F)C(F)(F)C(F)(F)C(F)F. The van der Waals surface area contributed by atoms with Gasteiger partial charge in [0.15, 0.2) is 11.5 Å². The molecule has 0 fully saturated rings. The quantitative estimate of drug-likeness (QED) is 0.621. The molecule has 2 nitrogen and oxygen atoms in total. The molecule has 0 aromatic carbocycles. The van der Waals surface area contributed by atoms with Crippen molar-refractivity contribution < 1.29 is 56.9 Å². The van der Waals surface area contributed by atoms with Crippen molar-refractivity contribution in [3.05, 3.63) is 0 Å². The van der Waals surface area contributed by atoms with Crippen molar-refractivity contribution in [1.82, 2.24) is 0 Å². The number of hydrogen-bond donors (Lipinski definition) is 0. The molecule has 0 rings (SSSR count). The summed E-state index contributed by atoms with van der Waals surface area (Å²) >= 11 is -1.17. The summed E-state index contributed by atoms with van der Waals surface area (Å²) in [6, 6.07) is 0. The minimum atomic E-state index is -7.58. The van der Waals surface area contributed by atoms with Crippen molar-refractivity contribution in [3.63, 3.8) is 0 Å². The minimum Gasteiger partial charge on any atom is -0.203 e. The average molecular weight is 377 g/mol. The fraction of sp³-hybridized carbons (Fsp3) is 1.00. The zero-order valence-electron chi connectivity index (χ0n) is 9.58. The summed E-state index contributed by atoms with van der Waals surface area (Å²) in [5, 5.41) is 0. The molecule has 0 spiro atoms. The maximum absolute atomic E-state index is 12.9. The lowest BCUT2D eigenvalue weighted by Gasteiger charge is -2.38. The highest BCUT2D eigenvalue weighted by molar-refractivity contribution is 7.54. The summed E-state index contributed by atoms with van der Waals surface area (Å²) in [7, 11) is 0. The number of nitrogens with zero attached hydrogens (tertiary/aromatic N) is 1. The van der Waals surface area contributed by atoms with Crippen molar-refractivity contribution in [2.75, 3.05) is 6.54 Å². The van der Waals surface area contributed by atoms with Gasteiger partial charge in [-0.25, -0.2) is 8.78 Å². The molecule has 0 saturated heterocycles. The zero-order chi connectivity index (χ0) is 18.2. The highest BCUT2D eigenvalue weighted by Crippen LogP contribution is 2.58. The van der Waals surface area contributed by atoms with E-state index in [1.165, 1.54) is 0 Å². The van der Waals surface area contributed by atoms with E-state index >= 15 is 0 Å². The van der Waals surface area contributed by atoms with Crippen molar-refractivity contribution in [3.8, 4) is 0 Å². The number of halogens is 12. The van der Waals surface area contributed by atoms with Crippen LogP contribution in [0.2, 0.25) is 0 Å². The molecular formula is C7H3F12NOS. The molecule has 0 aliphatic rings. The third-order valence-corrected chi connectivity index (χ3v) is 2.49. The van der Waals surface area contributed by atoms with E-state index in [0.29, 0.717) is 0 Å². The van der Waals surface area contributed by atoms with Crippen LogP contribution in [0.15, 0.2) is 4.36 Å². The van der Waals surface area contributed by atoms with Gasteiger partial charge in [0, 0.05) is 0 Å². The van der Waals surface area contributed by atoms with Gasteiger partial charge >= 0.3 is 36.0 Å². The molecule has 0 bridgehead atoms. The Morgan fingerprint density at radius 1 is 0.773 bits per heavy atom. The van der Waals surface area contributed by atoms with Crippen LogP contribution in [0.1, 0.15) is 0 Å². The molecule has 15 heteroatoms. The van der Waals surface area contributed by atoms with E-state index in [-0.39, 0.29) is 0 Å². The number of alkyl halides is 12. The number of rotatable bonds is 7. The summed E-state index contributed by atoms with van der Waals surface area (Å²) in [5.41, 5.74) is 0. The fourth-order valence-corrected chi connectivity index (χ4v) is 1.19. The number of hydrogen-bond acceptors (Lipinski definition) is 2.